The summed E-state index contributed by atoms with van der Waals surface area (Å²) < 4.78 is 7.23. The molecule has 0 amide bonds. The van der Waals surface area contributed by atoms with Gasteiger partial charge in [-0.15, -0.1) is 0 Å². The van der Waals surface area contributed by atoms with Crippen molar-refractivity contribution in [3.05, 3.63) is 69.7 Å². The molecule has 2 aromatic rings. The Morgan fingerprint density at radius 3 is 2.38 bits per heavy atom. The fourth-order valence-corrected chi connectivity index (χ4v) is 2.57. The smallest absolute Gasteiger partial charge is 0.108 e. The lowest BCUT2D eigenvalue weighted by Crippen LogP contribution is -2.20. The van der Waals surface area contributed by atoms with Gasteiger partial charge in [0.1, 0.15) is 6.10 Å². The van der Waals surface area contributed by atoms with Gasteiger partial charge < -0.3 is 9.64 Å². The second kappa shape index (κ2) is 7.74. The summed E-state index contributed by atoms with van der Waals surface area (Å²) in [6.45, 7) is 3.72. The first-order chi connectivity index (χ1) is 10.1. The first kappa shape index (κ1) is 16.2. The molecule has 0 aliphatic carbocycles. The average Bonchev–Trinajstić information content (AvgIpc) is 2.44. The molecule has 0 bridgehead atoms. The third-order valence-electron chi connectivity index (χ3n) is 3.35. The summed E-state index contributed by atoms with van der Waals surface area (Å²) in [4.78, 5) is 2.13. The molecule has 3 heteroatoms. The van der Waals surface area contributed by atoms with Crippen molar-refractivity contribution in [2.45, 2.75) is 13.0 Å². The predicted molar refractivity (Wildman–Crippen MR) is 91.7 cm³/mol. The third-order valence-corrected chi connectivity index (χ3v) is 3.85. The van der Waals surface area contributed by atoms with Gasteiger partial charge in [0, 0.05) is 11.0 Å². The highest BCUT2D eigenvalue weighted by atomic mass is 79.9. The van der Waals surface area contributed by atoms with Crippen LogP contribution in [0.3, 0.4) is 0 Å². The molecule has 0 radical (unpaired) electrons. The van der Waals surface area contributed by atoms with Crippen molar-refractivity contribution < 1.29 is 4.74 Å². The number of halogens is 1. The number of hydrogen-bond donors (Lipinski definition) is 0. The molecule has 21 heavy (non-hydrogen) atoms. The van der Waals surface area contributed by atoms with Gasteiger partial charge in [-0.3, -0.25) is 0 Å². The topological polar surface area (TPSA) is 12.5 Å². The molecule has 0 fully saturated rings. The maximum Gasteiger partial charge on any atom is 0.108 e. The number of rotatable bonds is 6. The quantitative estimate of drug-likeness (QED) is 0.766. The molecule has 2 rings (SSSR count). The first-order valence-corrected chi connectivity index (χ1v) is 7.94. The van der Waals surface area contributed by atoms with Gasteiger partial charge in [0.25, 0.3) is 0 Å². The Morgan fingerprint density at radius 2 is 1.76 bits per heavy atom. The van der Waals surface area contributed by atoms with E-state index in [-0.39, 0.29) is 6.10 Å². The van der Waals surface area contributed by atoms with E-state index in [1.54, 1.807) is 0 Å². The molecule has 0 saturated carbocycles. The van der Waals surface area contributed by atoms with Gasteiger partial charge in [0.05, 0.1) is 6.61 Å². The second-order valence-corrected chi connectivity index (χ2v) is 6.44. The highest BCUT2D eigenvalue weighted by Gasteiger charge is 2.15. The van der Waals surface area contributed by atoms with E-state index in [0.717, 1.165) is 11.0 Å². The van der Waals surface area contributed by atoms with E-state index in [9.17, 15) is 0 Å². The predicted octanol–water partition coefficient (Wildman–Crippen LogP) is 4.43. The zero-order valence-corrected chi connectivity index (χ0v) is 14.4. The van der Waals surface area contributed by atoms with Gasteiger partial charge in [0.15, 0.2) is 0 Å². The minimum atomic E-state index is -0.0250. The monoisotopic (exact) mass is 347 g/mol. The van der Waals surface area contributed by atoms with Crippen LogP contribution in [0.1, 0.15) is 22.8 Å². The van der Waals surface area contributed by atoms with Gasteiger partial charge >= 0.3 is 0 Å². The molecule has 0 aliphatic heterocycles. The van der Waals surface area contributed by atoms with Gasteiger partial charge in [-0.05, 0) is 44.3 Å². The van der Waals surface area contributed by atoms with Crippen LogP contribution in [-0.4, -0.2) is 32.1 Å². The van der Waals surface area contributed by atoms with Crippen molar-refractivity contribution in [1.82, 2.24) is 4.90 Å². The lowest BCUT2D eigenvalue weighted by atomic mass is 10.0. The van der Waals surface area contributed by atoms with E-state index in [1.165, 1.54) is 16.7 Å². The van der Waals surface area contributed by atoms with Crippen molar-refractivity contribution in [3.8, 4) is 0 Å². The Balaban J connectivity index is 2.23. The molecule has 1 atom stereocenters. The molecular formula is C18H22BrNO. The maximum atomic E-state index is 6.16. The van der Waals surface area contributed by atoms with Crippen LogP contribution in [0.15, 0.2) is 53.0 Å². The van der Waals surface area contributed by atoms with Gasteiger partial charge in [-0.25, -0.2) is 0 Å². The number of aryl methyl sites for hydroxylation is 1. The van der Waals surface area contributed by atoms with E-state index in [4.69, 9.17) is 4.74 Å². The normalized spacial score (nSPS) is 12.6. The minimum Gasteiger partial charge on any atom is -0.367 e. The number of likely N-dealkylation sites (N-methyl/N-ethyl adjacent to an activating group) is 1. The molecule has 0 heterocycles. The number of ether oxygens (including phenoxy) is 1. The van der Waals surface area contributed by atoms with E-state index in [2.05, 4.69) is 84.3 Å². The third kappa shape index (κ3) is 4.95. The summed E-state index contributed by atoms with van der Waals surface area (Å²) in [5, 5.41) is 0. The number of hydrogen-bond acceptors (Lipinski definition) is 2. The molecule has 0 N–H and O–H groups in total. The Kier molecular flexibility index (Phi) is 5.97. The number of benzene rings is 2. The van der Waals surface area contributed by atoms with Crippen LogP contribution in [0.25, 0.3) is 0 Å². The summed E-state index contributed by atoms with van der Waals surface area (Å²) >= 11 is 3.54. The van der Waals surface area contributed by atoms with E-state index in [0.29, 0.717) is 6.61 Å². The molecule has 0 aliphatic rings. The second-order valence-electron chi connectivity index (χ2n) is 5.52. The van der Waals surface area contributed by atoms with Gasteiger partial charge in [0.2, 0.25) is 0 Å². The molecule has 0 aromatic heterocycles. The van der Waals surface area contributed by atoms with Crippen LogP contribution in [0.5, 0.6) is 0 Å². The van der Waals surface area contributed by atoms with Crippen LogP contribution >= 0.6 is 15.9 Å². The molecular weight excluding hydrogens is 326 g/mol. The van der Waals surface area contributed by atoms with Gasteiger partial charge in [-0.1, -0.05) is 57.9 Å². The van der Waals surface area contributed by atoms with Crippen molar-refractivity contribution in [2.24, 2.45) is 0 Å². The van der Waals surface area contributed by atoms with Crippen LogP contribution in [-0.2, 0) is 4.74 Å². The minimum absolute atomic E-state index is 0.0250. The molecule has 2 nitrogen and oxygen atoms in total. The van der Waals surface area contributed by atoms with Crippen LogP contribution in [0.4, 0.5) is 0 Å². The summed E-state index contributed by atoms with van der Waals surface area (Å²) in [6.07, 6.45) is -0.0250. The van der Waals surface area contributed by atoms with E-state index in [1.807, 2.05) is 6.07 Å². The van der Waals surface area contributed by atoms with Crippen LogP contribution < -0.4 is 0 Å². The fraction of sp³-hybridized carbons (Fsp3) is 0.333. The summed E-state index contributed by atoms with van der Waals surface area (Å²) in [6, 6.07) is 16.9. The Labute approximate surface area is 135 Å². The van der Waals surface area contributed by atoms with Crippen molar-refractivity contribution in [3.63, 3.8) is 0 Å². The summed E-state index contributed by atoms with van der Waals surface area (Å²) in [5.41, 5.74) is 3.63. The van der Waals surface area contributed by atoms with Crippen LogP contribution in [0.2, 0.25) is 0 Å². The van der Waals surface area contributed by atoms with E-state index < -0.39 is 0 Å². The highest BCUT2D eigenvalue weighted by molar-refractivity contribution is 9.10. The Morgan fingerprint density at radius 1 is 1.05 bits per heavy atom. The molecule has 112 valence electrons. The standard InChI is InChI=1S/C18H22BrNO/c1-14-7-9-15(10-8-14)18(21-12-11-20(2)3)16-5-4-6-17(19)13-16/h4-10,13,18H,11-12H2,1-3H3. The number of nitrogens with zero attached hydrogens (tertiary/aromatic N) is 1. The summed E-state index contributed by atoms with van der Waals surface area (Å²) in [7, 11) is 4.12. The fourth-order valence-electron chi connectivity index (χ4n) is 2.15. The Bertz CT molecular complexity index is 566. The lowest BCUT2D eigenvalue weighted by molar-refractivity contribution is 0.0687. The zero-order chi connectivity index (χ0) is 15.2. The molecule has 0 saturated heterocycles. The first-order valence-electron chi connectivity index (χ1n) is 7.14. The average molecular weight is 348 g/mol. The van der Waals surface area contributed by atoms with Gasteiger partial charge in [-0.2, -0.15) is 0 Å². The Hall–Kier alpha value is -1.16. The zero-order valence-electron chi connectivity index (χ0n) is 12.8. The van der Waals surface area contributed by atoms with Crippen LogP contribution in [0, 0.1) is 6.92 Å². The highest BCUT2D eigenvalue weighted by Crippen LogP contribution is 2.28. The maximum absolute atomic E-state index is 6.16. The molecule has 1 unspecified atom stereocenters. The molecule has 2 aromatic carbocycles. The largest absolute Gasteiger partial charge is 0.367 e. The van der Waals surface area contributed by atoms with Crippen molar-refractivity contribution in [1.29, 1.82) is 0 Å². The van der Waals surface area contributed by atoms with Crippen molar-refractivity contribution >= 4 is 15.9 Å². The lowest BCUT2D eigenvalue weighted by Gasteiger charge is -2.21. The van der Waals surface area contributed by atoms with Crippen molar-refractivity contribution in [2.75, 3.05) is 27.2 Å². The summed E-state index contributed by atoms with van der Waals surface area (Å²) in [5.74, 6) is 0. The molecule has 0 spiro atoms. The SMILES string of the molecule is Cc1ccc(C(OCCN(C)C)c2cccc(Br)c2)cc1. The van der Waals surface area contributed by atoms with E-state index >= 15 is 0 Å².